The Kier molecular flexibility index (Phi) is 4.02. The summed E-state index contributed by atoms with van der Waals surface area (Å²) >= 11 is 0. The van der Waals surface area contributed by atoms with E-state index in [9.17, 15) is 4.79 Å². The van der Waals surface area contributed by atoms with E-state index in [4.69, 9.17) is 4.74 Å². The molecule has 3 nitrogen and oxygen atoms in total. The van der Waals surface area contributed by atoms with Gasteiger partial charge in [-0.2, -0.15) is 0 Å². The molecule has 1 aliphatic rings. The Labute approximate surface area is 124 Å². The molecule has 1 atom stereocenters. The molecule has 0 amide bonds. The topological polar surface area (TPSA) is 38.3 Å². The summed E-state index contributed by atoms with van der Waals surface area (Å²) in [6.07, 6.45) is 0.698. The van der Waals surface area contributed by atoms with Gasteiger partial charge in [0.05, 0.1) is 0 Å². The average molecular weight is 281 g/mol. The molecule has 0 saturated carbocycles. The minimum atomic E-state index is -0.246. The highest BCUT2D eigenvalue weighted by molar-refractivity contribution is 5.76. The molecule has 1 N–H and O–H groups in total. The molecule has 1 unspecified atom stereocenters. The van der Waals surface area contributed by atoms with Gasteiger partial charge in [0.15, 0.2) is 0 Å². The molecular weight excluding hydrogens is 262 g/mol. The predicted molar refractivity (Wildman–Crippen MR) is 81.7 cm³/mol. The van der Waals surface area contributed by atoms with Crippen LogP contribution in [0.5, 0.6) is 0 Å². The van der Waals surface area contributed by atoms with E-state index in [2.05, 4.69) is 30.4 Å². The molecule has 0 aromatic heterocycles. The Balaban J connectivity index is 1.60. The normalized spacial score (nSPS) is 17.1. The number of fused-ring (bicyclic) bond motifs is 1. The molecular formula is C18H19NO2. The van der Waals surface area contributed by atoms with E-state index in [0.717, 1.165) is 12.1 Å². The Bertz CT molecular complexity index is 637. The van der Waals surface area contributed by atoms with Crippen LogP contribution in [0.1, 0.15) is 22.3 Å². The molecule has 3 rings (SSSR count). The number of benzene rings is 2. The molecule has 108 valence electrons. The lowest BCUT2D eigenvalue weighted by Gasteiger charge is -2.25. The lowest BCUT2D eigenvalue weighted by atomic mass is 9.94. The van der Waals surface area contributed by atoms with Crippen molar-refractivity contribution in [1.82, 2.24) is 5.32 Å². The highest BCUT2D eigenvalue weighted by atomic mass is 16.5. The van der Waals surface area contributed by atoms with Gasteiger partial charge in [-0.05, 0) is 30.0 Å². The Morgan fingerprint density at radius 1 is 1.19 bits per heavy atom. The van der Waals surface area contributed by atoms with Gasteiger partial charge in [-0.15, -0.1) is 0 Å². The highest BCUT2D eigenvalue weighted by Crippen LogP contribution is 2.19. The fraction of sp³-hybridized carbons (Fsp3) is 0.278. The van der Waals surface area contributed by atoms with Crippen LogP contribution in [0.25, 0.3) is 0 Å². The van der Waals surface area contributed by atoms with Crippen LogP contribution < -0.4 is 5.32 Å². The first kappa shape index (κ1) is 13.8. The van der Waals surface area contributed by atoms with Gasteiger partial charge in [0.2, 0.25) is 0 Å². The van der Waals surface area contributed by atoms with Crippen LogP contribution in [-0.4, -0.2) is 12.0 Å². The zero-order valence-electron chi connectivity index (χ0n) is 12.1. The summed E-state index contributed by atoms with van der Waals surface area (Å²) < 4.78 is 5.40. The van der Waals surface area contributed by atoms with Crippen LogP contribution in [0.2, 0.25) is 0 Å². The van der Waals surface area contributed by atoms with Crippen molar-refractivity contribution < 1.29 is 9.53 Å². The van der Waals surface area contributed by atoms with Crippen LogP contribution in [0.3, 0.4) is 0 Å². The molecule has 1 heterocycles. The first-order valence-corrected chi connectivity index (χ1v) is 7.25. The Morgan fingerprint density at radius 3 is 2.81 bits per heavy atom. The third-order valence-electron chi connectivity index (χ3n) is 3.83. The summed E-state index contributed by atoms with van der Waals surface area (Å²) in [5.41, 5.74) is 4.78. The molecule has 1 aliphatic heterocycles. The van der Waals surface area contributed by atoms with Crippen molar-refractivity contribution in [2.24, 2.45) is 0 Å². The number of carbonyl (C=O) groups is 1. The van der Waals surface area contributed by atoms with Gasteiger partial charge in [0, 0.05) is 6.54 Å². The number of esters is 1. The van der Waals surface area contributed by atoms with E-state index in [-0.39, 0.29) is 12.0 Å². The molecule has 0 spiro atoms. The summed E-state index contributed by atoms with van der Waals surface area (Å²) in [7, 11) is 0. The minimum absolute atomic E-state index is 0.176. The maximum absolute atomic E-state index is 12.2. The fourth-order valence-corrected chi connectivity index (χ4v) is 2.64. The zero-order valence-corrected chi connectivity index (χ0v) is 12.1. The second kappa shape index (κ2) is 6.10. The number of ether oxygens (including phenoxy) is 1. The number of rotatable bonds is 3. The van der Waals surface area contributed by atoms with E-state index in [1.54, 1.807) is 0 Å². The monoisotopic (exact) mass is 281 g/mol. The second-order valence-electron chi connectivity index (χ2n) is 5.50. The van der Waals surface area contributed by atoms with Crippen LogP contribution in [0, 0.1) is 6.92 Å². The number of nitrogens with one attached hydrogen (secondary N) is 1. The first-order chi connectivity index (χ1) is 10.2. The maximum atomic E-state index is 12.2. The Morgan fingerprint density at radius 2 is 2.00 bits per heavy atom. The molecule has 0 radical (unpaired) electrons. The van der Waals surface area contributed by atoms with Crippen LogP contribution in [0.15, 0.2) is 48.5 Å². The largest absolute Gasteiger partial charge is 0.460 e. The van der Waals surface area contributed by atoms with Gasteiger partial charge in [0.1, 0.15) is 12.6 Å². The van der Waals surface area contributed by atoms with Gasteiger partial charge in [-0.1, -0.05) is 54.1 Å². The van der Waals surface area contributed by atoms with Crippen LogP contribution in [0.4, 0.5) is 0 Å². The van der Waals surface area contributed by atoms with Crippen molar-refractivity contribution in [2.75, 3.05) is 0 Å². The third kappa shape index (κ3) is 3.31. The SMILES string of the molecule is Cc1ccc2c(c1)CNC(C(=O)OCc1ccccc1)C2. The standard InChI is InChI=1S/C18H19NO2/c1-13-7-8-15-10-17(19-11-16(15)9-13)18(20)21-12-14-5-3-2-4-6-14/h2-9,17,19H,10-12H2,1H3. The van der Waals surface area contributed by atoms with E-state index in [0.29, 0.717) is 13.0 Å². The number of carbonyl (C=O) groups excluding carboxylic acids is 1. The van der Waals surface area contributed by atoms with Crippen LogP contribution >= 0.6 is 0 Å². The highest BCUT2D eigenvalue weighted by Gasteiger charge is 2.25. The van der Waals surface area contributed by atoms with Gasteiger partial charge < -0.3 is 10.1 Å². The summed E-state index contributed by atoms with van der Waals surface area (Å²) in [5.74, 6) is -0.176. The zero-order chi connectivity index (χ0) is 14.7. The van der Waals surface area contributed by atoms with Gasteiger partial charge in [-0.25, -0.2) is 0 Å². The van der Waals surface area contributed by atoms with E-state index < -0.39 is 0 Å². The molecule has 0 saturated heterocycles. The van der Waals surface area contributed by atoms with Gasteiger partial charge in [0.25, 0.3) is 0 Å². The Hall–Kier alpha value is -2.13. The number of hydrogen-bond donors (Lipinski definition) is 1. The summed E-state index contributed by atoms with van der Waals surface area (Å²) in [6.45, 7) is 3.14. The molecule has 2 aromatic rings. The van der Waals surface area contributed by atoms with E-state index >= 15 is 0 Å². The van der Waals surface area contributed by atoms with E-state index in [1.165, 1.54) is 16.7 Å². The molecule has 0 fully saturated rings. The molecule has 2 aromatic carbocycles. The number of aryl methyl sites for hydroxylation is 1. The first-order valence-electron chi connectivity index (χ1n) is 7.25. The average Bonchev–Trinajstić information content (AvgIpc) is 2.53. The summed E-state index contributed by atoms with van der Waals surface area (Å²) in [4.78, 5) is 12.2. The summed E-state index contributed by atoms with van der Waals surface area (Å²) in [5, 5.41) is 3.26. The second-order valence-corrected chi connectivity index (χ2v) is 5.50. The molecule has 0 aliphatic carbocycles. The quantitative estimate of drug-likeness (QED) is 0.879. The smallest absolute Gasteiger partial charge is 0.323 e. The third-order valence-corrected chi connectivity index (χ3v) is 3.83. The van der Waals surface area contributed by atoms with Crippen LogP contribution in [-0.2, 0) is 29.1 Å². The summed E-state index contributed by atoms with van der Waals surface area (Å²) in [6, 6.07) is 15.9. The molecule has 0 bridgehead atoms. The fourth-order valence-electron chi connectivity index (χ4n) is 2.64. The van der Waals surface area contributed by atoms with Crippen molar-refractivity contribution in [2.45, 2.75) is 32.5 Å². The predicted octanol–water partition coefficient (Wildman–Crippen LogP) is 2.75. The minimum Gasteiger partial charge on any atom is -0.460 e. The number of hydrogen-bond acceptors (Lipinski definition) is 3. The van der Waals surface area contributed by atoms with Crippen molar-refractivity contribution in [1.29, 1.82) is 0 Å². The molecule has 21 heavy (non-hydrogen) atoms. The lowest BCUT2D eigenvalue weighted by Crippen LogP contribution is -2.42. The van der Waals surface area contributed by atoms with E-state index in [1.807, 2.05) is 30.3 Å². The van der Waals surface area contributed by atoms with Gasteiger partial charge >= 0.3 is 5.97 Å². The molecule has 3 heteroatoms. The van der Waals surface area contributed by atoms with Crippen molar-refractivity contribution in [3.63, 3.8) is 0 Å². The van der Waals surface area contributed by atoms with Gasteiger partial charge in [-0.3, -0.25) is 4.79 Å². The maximum Gasteiger partial charge on any atom is 0.323 e. The van der Waals surface area contributed by atoms with Crippen molar-refractivity contribution in [3.8, 4) is 0 Å². The van der Waals surface area contributed by atoms with Crippen molar-refractivity contribution in [3.05, 3.63) is 70.8 Å². The van der Waals surface area contributed by atoms with Crippen molar-refractivity contribution >= 4 is 5.97 Å². The lowest BCUT2D eigenvalue weighted by molar-refractivity contribution is -0.147.